The van der Waals surface area contributed by atoms with Crippen molar-refractivity contribution in [3.05, 3.63) is 11.4 Å². The molecule has 326 valence electrons. The molecular weight excluding hydrogens is 800 g/mol. The summed E-state index contributed by atoms with van der Waals surface area (Å²) in [6.45, 7) is 3.20. The van der Waals surface area contributed by atoms with Gasteiger partial charge in [-0.25, -0.2) is 18.6 Å². The number of fused-ring (bicyclic) bond motifs is 2. The number of hydrogen-bond acceptors (Lipinski definition) is 17. The molecule has 2 aliphatic carbocycles. The second-order valence-electron chi connectivity index (χ2n) is 14.7. The Morgan fingerprint density at radius 2 is 1.46 bits per heavy atom. The van der Waals surface area contributed by atoms with Gasteiger partial charge in [-0.2, -0.15) is 0 Å². The Kier molecular flexibility index (Phi) is 16.8. The zero-order chi connectivity index (χ0) is 41.3. The number of hydrogen-bond donors (Lipinski definition) is 6. The van der Waals surface area contributed by atoms with Crippen molar-refractivity contribution in [2.45, 2.75) is 108 Å². The maximum Gasteiger partial charge on any atom is 0.472 e. The predicted octanol–water partition coefficient (Wildman–Crippen LogP) is 0.235. The molecule has 57 heavy (non-hydrogen) atoms. The Labute approximate surface area is 330 Å². The Morgan fingerprint density at radius 3 is 2.12 bits per heavy atom. The third-order valence-electron chi connectivity index (χ3n) is 10.7. The largest absolute Gasteiger partial charge is 0.472 e. The predicted molar refractivity (Wildman–Crippen MR) is 194 cm³/mol. The molecule has 1 saturated carbocycles. The average Bonchev–Trinajstić information content (AvgIpc) is 3.37. The van der Waals surface area contributed by atoms with Crippen LogP contribution in [0.4, 0.5) is 4.79 Å². The normalized spacial score (nSPS) is 32.9. The van der Waals surface area contributed by atoms with Crippen LogP contribution in [0.25, 0.3) is 0 Å². The molecule has 13 atom stereocenters. The summed E-state index contributed by atoms with van der Waals surface area (Å²) >= 11 is 0. The van der Waals surface area contributed by atoms with Crippen molar-refractivity contribution in [3.8, 4) is 0 Å². The molecular formula is C33H57N5O17P2. The van der Waals surface area contributed by atoms with E-state index >= 15 is 0 Å². The number of phosphoric acid groups is 2. The number of ether oxygens (including phenoxy) is 5. The van der Waals surface area contributed by atoms with Crippen LogP contribution >= 0.6 is 15.6 Å². The van der Waals surface area contributed by atoms with Crippen LogP contribution in [0.2, 0.25) is 0 Å². The summed E-state index contributed by atoms with van der Waals surface area (Å²) < 4.78 is 73.2. The number of aliphatic hydroxyl groups is 2. The topological polar surface area (TPSA) is 287 Å². The maximum absolute atomic E-state index is 12.7. The van der Waals surface area contributed by atoms with Gasteiger partial charge in [-0.05, 0) is 70.1 Å². The van der Waals surface area contributed by atoms with Crippen molar-refractivity contribution in [2.75, 3.05) is 60.3 Å². The van der Waals surface area contributed by atoms with Crippen LogP contribution in [-0.2, 0) is 75.1 Å². The van der Waals surface area contributed by atoms with E-state index in [1.807, 2.05) is 0 Å². The third kappa shape index (κ3) is 12.9. The van der Waals surface area contributed by atoms with E-state index in [9.17, 15) is 38.7 Å². The molecule has 6 N–H and O–H groups in total. The van der Waals surface area contributed by atoms with E-state index in [1.54, 1.807) is 18.5 Å². The molecule has 24 heteroatoms. The summed E-state index contributed by atoms with van der Waals surface area (Å²) in [6, 6.07) is 0. The van der Waals surface area contributed by atoms with E-state index in [0.717, 1.165) is 24.2 Å². The van der Waals surface area contributed by atoms with E-state index in [-0.39, 0.29) is 77.3 Å². The molecule has 0 aromatic carbocycles. The Bertz CT molecular complexity index is 1570. The summed E-state index contributed by atoms with van der Waals surface area (Å²) in [5.74, 6) is 0.612. The molecule has 5 rings (SSSR count). The molecule has 7 unspecified atom stereocenters. The molecule has 1 aromatic rings. The lowest BCUT2D eigenvalue weighted by molar-refractivity contribution is -0.121. The average molecular weight is 858 g/mol. The van der Waals surface area contributed by atoms with Crippen molar-refractivity contribution in [3.63, 3.8) is 0 Å². The number of carbonyl (C=O) groups excluding carboxylic acids is 2. The molecule has 2 aliphatic heterocycles. The molecule has 4 aliphatic rings. The number of aromatic nitrogens is 3. The van der Waals surface area contributed by atoms with Crippen LogP contribution in [0.1, 0.15) is 50.9 Å². The van der Waals surface area contributed by atoms with E-state index < -0.39 is 70.6 Å². The first-order valence-corrected chi connectivity index (χ1v) is 22.2. The third-order valence-corrected chi connectivity index (χ3v) is 12.7. The van der Waals surface area contributed by atoms with Gasteiger partial charge in [0.1, 0.15) is 43.2 Å². The molecule has 1 aromatic heterocycles. The number of nitrogens with zero attached hydrogens (tertiary/aromatic N) is 3. The van der Waals surface area contributed by atoms with Crippen LogP contribution in [-0.4, -0.2) is 156 Å². The van der Waals surface area contributed by atoms with Gasteiger partial charge in [-0.3, -0.25) is 22.9 Å². The van der Waals surface area contributed by atoms with E-state index in [1.165, 1.54) is 14.2 Å². The van der Waals surface area contributed by atoms with Gasteiger partial charge in [0, 0.05) is 27.3 Å². The summed E-state index contributed by atoms with van der Waals surface area (Å²) in [7, 11) is -6.09. The van der Waals surface area contributed by atoms with Gasteiger partial charge in [0.15, 0.2) is 0 Å². The number of aliphatic hydroxyl groups excluding tert-OH is 2. The number of amides is 2. The van der Waals surface area contributed by atoms with Gasteiger partial charge >= 0.3 is 21.7 Å². The summed E-state index contributed by atoms with van der Waals surface area (Å²) in [5.41, 5.74) is 1.72. The monoisotopic (exact) mass is 857 g/mol. The number of methoxy groups -OCH3 is 2. The lowest BCUT2D eigenvalue weighted by Gasteiger charge is -2.22. The highest BCUT2D eigenvalue weighted by molar-refractivity contribution is 7.47. The smallest absolute Gasteiger partial charge is 0.449 e. The molecule has 0 spiro atoms. The van der Waals surface area contributed by atoms with Crippen LogP contribution in [0.3, 0.4) is 0 Å². The van der Waals surface area contributed by atoms with Crippen molar-refractivity contribution in [1.82, 2.24) is 25.6 Å². The van der Waals surface area contributed by atoms with Gasteiger partial charge in [0.25, 0.3) is 0 Å². The van der Waals surface area contributed by atoms with Crippen LogP contribution < -0.4 is 10.6 Å². The van der Waals surface area contributed by atoms with E-state index in [0.29, 0.717) is 24.7 Å². The number of nitrogens with one attached hydrogen (secondary N) is 2. The minimum absolute atomic E-state index is 0.0431. The van der Waals surface area contributed by atoms with Gasteiger partial charge < -0.3 is 54.3 Å². The Morgan fingerprint density at radius 1 is 0.842 bits per heavy atom. The Hall–Kier alpha value is -2.14. The lowest BCUT2D eigenvalue weighted by atomic mass is 10.0. The highest BCUT2D eigenvalue weighted by atomic mass is 31.2. The summed E-state index contributed by atoms with van der Waals surface area (Å²) in [6.07, 6.45) is -3.58. The van der Waals surface area contributed by atoms with Crippen LogP contribution in [0.15, 0.2) is 0 Å². The molecule has 3 heterocycles. The first-order valence-electron chi connectivity index (χ1n) is 19.2. The SMILES string of the molecule is COC[C@H]1O[C@@H](C)C(O)[C@H]1OP(=O)(O)OCCCNC(=O)OCC1C2CCc3nnn(CC(=O)NCCCOP(=O)(O)OC[C@H]4O[C@@H](C)C(O)[C@H]4OC)c3CCC21. The number of alkyl carbamates (subject to hydrolysis) is 1. The molecule has 3 fully saturated rings. The van der Waals surface area contributed by atoms with Crippen LogP contribution in [0, 0.1) is 17.8 Å². The van der Waals surface area contributed by atoms with E-state index in [4.69, 9.17) is 41.8 Å². The maximum atomic E-state index is 12.7. The Balaban J connectivity index is 0.925. The van der Waals surface area contributed by atoms with Crippen molar-refractivity contribution >= 4 is 27.6 Å². The van der Waals surface area contributed by atoms with Gasteiger partial charge in [-0.15, -0.1) is 5.10 Å². The zero-order valence-electron chi connectivity index (χ0n) is 32.6. The first-order chi connectivity index (χ1) is 27.1. The molecule has 0 radical (unpaired) electrons. The minimum atomic E-state index is -4.52. The quantitative estimate of drug-likeness (QED) is 0.0672. The number of aryl methyl sites for hydroxylation is 1. The van der Waals surface area contributed by atoms with Crippen molar-refractivity contribution in [1.29, 1.82) is 0 Å². The minimum Gasteiger partial charge on any atom is -0.449 e. The lowest BCUT2D eigenvalue weighted by Crippen LogP contribution is -2.36. The highest BCUT2D eigenvalue weighted by Gasteiger charge is 2.51. The number of carbonyl (C=O) groups is 2. The number of rotatable bonds is 22. The first kappa shape index (κ1) is 45.9. The highest BCUT2D eigenvalue weighted by Crippen LogP contribution is 2.53. The van der Waals surface area contributed by atoms with Gasteiger partial charge in [0.2, 0.25) is 5.91 Å². The standard InChI is InChI=1S/C33H57N5O17P2/c1-19-29(40)31(48-4)27(54-19)18-52-56(43,44)50-13-5-11-34-28(39)15-38-25-10-8-22-21(7-9-24(25)36-37-38)23(22)16-49-33(42)35-12-6-14-51-57(45,46)55-32-26(17-47-3)53-20(2)30(32)41/h19-23,26-27,29-32,40-41H,5-18H2,1-4H3,(H,34,39)(H,35,42)(H,43,44)(H,45,46)/t19-,20-,21?,22?,23?,26+,27+,29?,30?,31-,32-/m0/s1. The second kappa shape index (κ2) is 20.9. The summed E-state index contributed by atoms with van der Waals surface area (Å²) in [4.78, 5) is 45.2. The molecule has 2 amide bonds. The fourth-order valence-corrected chi connectivity index (χ4v) is 9.38. The molecule has 22 nitrogen and oxygen atoms in total. The molecule has 2 saturated heterocycles. The second-order valence-corrected chi connectivity index (χ2v) is 17.5. The fraction of sp³-hybridized carbons (Fsp3) is 0.879. The molecule has 0 bridgehead atoms. The van der Waals surface area contributed by atoms with Gasteiger partial charge in [-0.1, -0.05) is 5.21 Å². The van der Waals surface area contributed by atoms with Crippen LogP contribution in [0.5, 0.6) is 0 Å². The van der Waals surface area contributed by atoms with E-state index in [2.05, 4.69) is 20.9 Å². The van der Waals surface area contributed by atoms with Crippen molar-refractivity contribution in [2.24, 2.45) is 17.8 Å². The zero-order valence-corrected chi connectivity index (χ0v) is 34.4. The van der Waals surface area contributed by atoms with Crippen molar-refractivity contribution < 1.29 is 80.5 Å². The fourth-order valence-electron chi connectivity index (χ4n) is 7.62. The summed E-state index contributed by atoms with van der Waals surface area (Å²) in [5, 5.41) is 34.2. The number of phosphoric ester groups is 2. The van der Waals surface area contributed by atoms with Gasteiger partial charge in [0.05, 0.1) is 56.6 Å².